The van der Waals surface area contributed by atoms with Crippen LogP contribution in [0.5, 0.6) is 5.75 Å². The zero-order valence-electron chi connectivity index (χ0n) is 14.9. The van der Waals surface area contributed by atoms with Crippen molar-refractivity contribution in [2.75, 3.05) is 22.8 Å². The van der Waals surface area contributed by atoms with Gasteiger partial charge in [-0.2, -0.15) is 5.11 Å². The smallest absolute Gasteiger partial charge is 0.263 e. The largest absolute Gasteiger partial charge is 0.494 e. The highest BCUT2D eigenvalue weighted by Gasteiger charge is 2.55. The molecule has 27 heavy (non-hydrogen) atoms. The number of ether oxygens (including phenoxy) is 1. The van der Waals surface area contributed by atoms with E-state index in [9.17, 15) is 9.59 Å². The molecule has 7 nitrogen and oxygen atoms in total. The summed E-state index contributed by atoms with van der Waals surface area (Å²) in [4.78, 5) is 28.1. The van der Waals surface area contributed by atoms with Crippen molar-refractivity contribution >= 4 is 35.0 Å². The summed E-state index contributed by atoms with van der Waals surface area (Å²) in [6.45, 7) is 2.49. The summed E-state index contributed by atoms with van der Waals surface area (Å²) >= 11 is 1.55. The first kappa shape index (κ1) is 17.5. The Bertz CT molecular complexity index is 915. The Hall–Kier alpha value is -2.87. The molecular formula is C19H18N4O3S. The predicted octanol–water partition coefficient (Wildman–Crippen LogP) is 3.31. The number of thioether (sulfide) groups is 1. The minimum absolute atomic E-state index is 0.317. The lowest BCUT2D eigenvalue weighted by atomic mass is 10.1. The maximum absolute atomic E-state index is 13.1. The lowest BCUT2D eigenvalue weighted by Gasteiger charge is -2.21. The first-order valence-corrected chi connectivity index (χ1v) is 9.81. The fourth-order valence-electron chi connectivity index (χ4n) is 3.24. The lowest BCUT2D eigenvalue weighted by molar-refractivity contribution is -0.121. The van der Waals surface area contributed by atoms with Gasteiger partial charge in [-0.3, -0.25) is 9.59 Å². The standard InChI is InChI=1S/C19H18N4O3S/c1-3-26-14-9-7-12(8-10-14)23-17-16(20-21-23)18(24)22(19(17)25)13-5-4-6-15(11-13)27-2/h4-11,16-17H,3H2,1-2H3/t16-,17-/m0/s1. The highest BCUT2D eigenvalue weighted by molar-refractivity contribution is 7.98. The summed E-state index contributed by atoms with van der Waals surface area (Å²) in [5, 5.41) is 9.65. The third-order valence-electron chi connectivity index (χ3n) is 4.51. The van der Waals surface area contributed by atoms with Gasteiger partial charge in [-0.15, -0.1) is 11.8 Å². The van der Waals surface area contributed by atoms with E-state index in [-0.39, 0.29) is 11.8 Å². The van der Waals surface area contributed by atoms with E-state index in [1.165, 1.54) is 9.91 Å². The highest BCUT2D eigenvalue weighted by Crippen LogP contribution is 2.36. The van der Waals surface area contributed by atoms with Crippen LogP contribution in [0.3, 0.4) is 0 Å². The molecule has 2 aliphatic rings. The second-order valence-corrected chi connectivity index (χ2v) is 6.96. The Balaban J connectivity index is 1.63. The molecule has 1 saturated heterocycles. The third kappa shape index (κ3) is 2.95. The predicted molar refractivity (Wildman–Crippen MR) is 103 cm³/mol. The fraction of sp³-hybridized carbons (Fsp3) is 0.263. The maximum Gasteiger partial charge on any atom is 0.263 e. The van der Waals surface area contributed by atoms with Crippen molar-refractivity contribution in [3.8, 4) is 5.75 Å². The second kappa shape index (κ2) is 7.03. The summed E-state index contributed by atoms with van der Waals surface area (Å²) in [5.74, 6) is 0.0702. The van der Waals surface area contributed by atoms with E-state index in [1.807, 2.05) is 43.5 Å². The molecule has 0 N–H and O–H groups in total. The molecule has 0 unspecified atom stereocenters. The van der Waals surface area contributed by atoms with Gasteiger partial charge in [0.25, 0.3) is 11.8 Å². The first-order valence-electron chi connectivity index (χ1n) is 8.58. The molecule has 2 heterocycles. The van der Waals surface area contributed by atoms with Crippen LogP contribution in [0.2, 0.25) is 0 Å². The number of anilines is 2. The molecule has 0 aromatic heterocycles. The molecule has 138 valence electrons. The number of benzene rings is 2. The summed E-state index contributed by atoms with van der Waals surface area (Å²) < 4.78 is 5.44. The number of fused-ring (bicyclic) bond motifs is 1. The third-order valence-corrected chi connectivity index (χ3v) is 5.23. The van der Waals surface area contributed by atoms with Crippen molar-refractivity contribution in [1.82, 2.24) is 0 Å². The molecule has 0 saturated carbocycles. The number of amides is 2. The van der Waals surface area contributed by atoms with E-state index in [0.717, 1.165) is 10.6 Å². The first-order chi connectivity index (χ1) is 13.1. The molecule has 2 atom stereocenters. The molecule has 0 bridgehead atoms. The van der Waals surface area contributed by atoms with Gasteiger partial charge < -0.3 is 4.74 Å². The second-order valence-electron chi connectivity index (χ2n) is 6.08. The molecule has 2 aromatic carbocycles. The van der Waals surface area contributed by atoms with E-state index in [2.05, 4.69) is 10.3 Å². The van der Waals surface area contributed by atoms with Crippen molar-refractivity contribution in [2.45, 2.75) is 23.9 Å². The SMILES string of the molecule is CCOc1ccc(N2N=N[C@@H]3C(=O)N(c4cccc(SC)c4)C(=O)[C@H]32)cc1. The van der Waals surface area contributed by atoms with Crippen LogP contribution in [-0.4, -0.2) is 36.8 Å². The van der Waals surface area contributed by atoms with Gasteiger partial charge in [-0.1, -0.05) is 11.3 Å². The van der Waals surface area contributed by atoms with Crippen LogP contribution in [-0.2, 0) is 9.59 Å². The van der Waals surface area contributed by atoms with Gasteiger partial charge in [-0.05, 0) is 55.6 Å². The van der Waals surface area contributed by atoms with Crippen LogP contribution in [0.15, 0.2) is 63.8 Å². The van der Waals surface area contributed by atoms with Crippen LogP contribution in [0.1, 0.15) is 6.92 Å². The topological polar surface area (TPSA) is 74.6 Å². The van der Waals surface area contributed by atoms with E-state index in [1.54, 1.807) is 30.0 Å². The monoisotopic (exact) mass is 382 g/mol. The average Bonchev–Trinajstić information content (AvgIpc) is 3.23. The zero-order valence-corrected chi connectivity index (χ0v) is 15.7. The Labute approximate surface area is 161 Å². The van der Waals surface area contributed by atoms with Crippen LogP contribution in [0, 0.1) is 0 Å². The Kier molecular flexibility index (Phi) is 4.57. The van der Waals surface area contributed by atoms with Gasteiger partial charge in [0, 0.05) is 4.90 Å². The van der Waals surface area contributed by atoms with Gasteiger partial charge in [0.2, 0.25) is 0 Å². The van der Waals surface area contributed by atoms with Crippen molar-refractivity contribution in [1.29, 1.82) is 0 Å². The van der Waals surface area contributed by atoms with Gasteiger partial charge >= 0.3 is 0 Å². The molecule has 0 spiro atoms. The summed E-state index contributed by atoms with van der Waals surface area (Å²) in [5.41, 5.74) is 1.25. The fourth-order valence-corrected chi connectivity index (χ4v) is 3.69. The quantitative estimate of drug-likeness (QED) is 0.586. The average molecular weight is 382 g/mol. The summed E-state index contributed by atoms with van der Waals surface area (Å²) in [7, 11) is 0. The molecule has 1 fully saturated rings. The molecule has 2 amide bonds. The van der Waals surface area contributed by atoms with Crippen molar-refractivity contribution in [2.24, 2.45) is 10.3 Å². The summed E-state index contributed by atoms with van der Waals surface area (Å²) in [6, 6.07) is 13.0. The van der Waals surface area contributed by atoms with Crippen molar-refractivity contribution in [3.05, 3.63) is 48.5 Å². The van der Waals surface area contributed by atoms with E-state index in [4.69, 9.17) is 4.74 Å². The minimum Gasteiger partial charge on any atom is -0.494 e. The van der Waals surface area contributed by atoms with Crippen molar-refractivity contribution in [3.63, 3.8) is 0 Å². The minimum atomic E-state index is -0.818. The molecule has 0 radical (unpaired) electrons. The molecular weight excluding hydrogens is 364 g/mol. The van der Waals surface area contributed by atoms with Crippen LogP contribution < -0.4 is 14.6 Å². The maximum atomic E-state index is 13.1. The van der Waals surface area contributed by atoms with Gasteiger partial charge in [0.15, 0.2) is 12.1 Å². The van der Waals surface area contributed by atoms with Gasteiger partial charge in [0.05, 0.1) is 18.0 Å². The number of rotatable bonds is 5. The highest BCUT2D eigenvalue weighted by atomic mass is 32.2. The molecule has 0 aliphatic carbocycles. The van der Waals surface area contributed by atoms with Crippen LogP contribution >= 0.6 is 11.8 Å². The van der Waals surface area contributed by atoms with E-state index in [0.29, 0.717) is 18.0 Å². The van der Waals surface area contributed by atoms with Crippen LogP contribution in [0.4, 0.5) is 11.4 Å². The number of imide groups is 1. The molecule has 8 heteroatoms. The van der Waals surface area contributed by atoms with E-state index >= 15 is 0 Å². The van der Waals surface area contributed by atoms with Gasteiger partial charge in [-0.25, -0.2) is 9.91 Å². The summed E-state index contributed by atoms with van der Waals surface area (Å²) in [6.07, 6.45) is 1.95. The van der Waals surface area contributed by atoms with E-state index < -0.39 is 12.1 Å². The van der Waals surface area contributed by atoms with Crippen LogP contribution in [0.25, 0.3) is 0 Å². The number of hydrogen-bond donors (Lipinski definition) is 0. The molecule has 2 aliphatic heterocycles. The number of hydrogen-bond acceptors (Lipinski definition) is 7. The Morgan fingerprint density at radius 3 is 2.56 bits per heavy atom. The number of carbonyl (C=O) groups excluding carboxylic acids is 2. The molecule has 2 aromatic rings. The van der Waals surface area contributed by atoms with Gasteiger partial charge in [0.1, 0.15) is 5.75 Å². The number of carbonyl (C=O) groups is 2. The molecule has 4 rings (SSSR count). The Morgan fingerprint density at radius 1 is 1.07 bits per heavy atom. The Morgan fingerprint density at radius 2 is 1.85 bits per heavy atom. The lowest BCUT2D eigenvalue weighted by Crippen LogP contribution is -2.39. The van der Waals surface area contributed by atoms with Crippen molar-refractivity contribution < 1.29 is 14.3 Å². The number of nitrogens with zero attached hydrogens (tertiary/aromatic N) is 4. The normalized spacial score (nSPS) is 21.1. The zero-order chi connectivity index (χ0) is 19.0.